The lowest BCUT2D eigenvalue weighted by atomic mass is 10.1. The minimum absolute atomic E-state index is 0.0480. The third-order valence-corrected chi connectivity index (χ3v) is 4.72. The number of hydrogen-bond donors (Lipinski definition) is 1. The average Bonchev–Trinajstić information content (AvgIpc) is 3.14. The summed E-state index contributed by atoms with van der Waals surface area (Å²) in [6.07, 6.45) is -0.708. The highest BCUT2D eigenvalue weighted by Crippen LogP contribution is 2.32. The van der Waals surface area contributed by atoms with Gasteiger partial charge in [0.1, 0.15) is 11.9 Å². The smallest absolute Gasteiger partial charge is 0.338 e. The number of urea groups is 1. The summed E-state index contributed by atoms with van der Waals surface area (Å²) in [5.74, 6) is 0.835. The number of benzene rings is 2. The van der Waals surface area contributed by atoms with Crippen LogP contribution in [0, 0.1) is 17.0 Å². The maximum Gasteiger partial charge on any atom is 0.338 e. The number of para-hydroxylation sites is 1. The number of hydrogen-bond acceptors (Lipinski definition) is 6. The molecule has 2 heterocycles. The van der Waals surface area contributed by atoms with Gasteiger partial charge in [0, 0.05) is 18.2 Å². The van der Waals surface area contributed by atoms with Gasteiger partial charge in [-0.2, -0.15) is 0 Å². The van der Waals surface area contributed by atoms with Crippen LogP contribution < -0.4 is 15.1 Å². The fourth-order valence-electron chi connectivity index (χ4n) is 3.06. The maximum absolute atomic E-state index is 13.4. The van der Waals surface area contributed by atoms with Crippen LogP contribution in [0.5, 0.6) is 0 Å². The Hall–Kier alpha value is -3.79. The summed E-state index contributed by atoms with van der Waals surface area (Å²) >= 11 is 5.45. The number of nitrogens with one attached hydrogen (secondary N) is 1. The summed E-state index contributed by atoms with van der Waals surface area (Å²) in [7, 11) is 0. The lowest BCUT2D eigenvalue weighted by Gasteiger charge is -2.41. The van der Waals surface area contributed by atoms with E-state index in [1.54, 1.807) is 49.4 Å². The van der Waals surface area contributed by atoms with Gasteiger partial charge in [0.25, 0.3) is 5.69 Å². The molecule has 0 saturated carbocycles. The van der Waals surface area contributed by atoms with Gasteiger partial charge in [-0.3, -0.25) is 10.1 Å². The largest absolute Gasteiger partial charge is 0.360 e. The highest BCUT2D eigenvalue weighted by molar-refractivity contribution is 7.80. The highest BCUT2D eigenvalue weighted by atomic mass is 32.1. The van der Waals surface area contributed by atoms with E-state index >= 15 is 0 Å². The van der Waals surface area contributed by atoms with Gasteiger partial charge in [0.05, 0.1) is 10.6 Å². The Balaban J connectivity index is 1.77. The minimum Gasteiger partial charge on any atom is -0.360 e. The first-order valence-corrected chi connectivity index (χ1v) is 9.03. The van der Waals surface area contributed by atoms with Gasteiger partial charge in [-0.15, -0.1) is 0 Å². The van der Waals surface area contributed by atoms with E-state index in [0.717, 1.165) is 0 Å². The molecule has 2 amide bonds. The van der Waals surface area contributed by atoms with Gasteiger partial charge >= 0.3 is 6.03 Å². The van der Waals surface area contributed by atoms with Crippen molar-refractivity contribution in [3.05, 3.63) is 82.1 Å². The molecule has 9 nitrogen and oxygen atoms in total. The van der Waals surface area contributed by atoms with E-state index in [0.29, 0.717) is 22.8 Å². The second kappa shape index (κ2) is 7.32. The topological polar surface area (TPSA) is 105 Å². The number of amides is 2. The van der Waals surface area contributed by atoms with Crippen LogP contribution in [-0.4, -0.2) is 21.2 Å². The monoisotopic (exact) mass is 409 g/mol. The number of rotatable bonds is 4. The van der Waals surface area contributed by atoms with E-state index in [-0.39, 0.29) is 10.8 Å². The zero-order chi connectivity index (χ0) is 20.5. The second-order valence-corrected chi connectivity index (χ2v) is 6.71. The lowest BCUT2D eigenvalue weighted by Crippen LogP contribution is -2.61. The van der Waals surface area contributed by atoms with Crippen molar-refractivity contribution < 1.29 is 14.2 Å². The van der Waals surface area contributed by atoms with Gasteiger partial charge < -0.3 is 9.84 Å². The van der Waals surface area contributed by atoms with Crippen LogP contribution in [0.1, 0.15) is 17.5 Å². The Morgan fingerprint density at radius 2 is 1.86 bits per heavy atom. The number of aryl methyl sites for hydroxylation is 1. The van der Waals surface area contributed by atoms with E-state index in [1.165, 1.54) is 21.9 Å². The van der Waals surface area contributed by atoms with E-state index in [4.69, 9.17) is 16.7 Å². The zero-order valence-electron chi connectivity index (χ0n) is 15.2. The van der Waals surface area contributed by atoms with E-state index < -0.39 is 17.1 Å². The number of nitrogens with zero attached hydrogens (tertiary/aromatic N) is 4. The van der Waals surface area contributed by atoms with Crippen molar-refractivity contribution in [3.63, 3.8) is 0 Å². The van der Waals surface area contributed by atoms with E-state index in [2.05, 4.69) is 10.5 Å². The molecule has 2 aromatic carbocycles. The molecule has 0 radical (unpaired) electrons. The van der Waals surface area contributed by atoms with Gasteiger partial charge in [-0.25, -0.2) is 14.6 Å². The molecule has 4 rings (SSSR count). The van der Waals surface area contributed by atoms with Crippen LogP contribution in [0.4, 0.5) is 22.0 Å². The molecule has 1 aliphatic rings. The standard InChI is InChI=1S/C19H15N5O4S/c1-12-11-16(21-28-12)23-17(13-7-9-15(10-8-13)24(26)27)20-18(29)22(19(23)25)14-5-3-2-4-6-14/h2-11,17H,1H3,(H,20,29). The molecule has 3 aromatic rings. The van der Waals surface area contributed by atoms with Crippen molar-refractivity contribution in [2.45, 2.75) is 13.1 Å². The minimum atomic E-state index is -0.708. The molecule has 1 atom stereocenters. The normalized spacial score (nSPS) is 16.7. The van der Waals surface area contributed by atoms with Crippen LogP contribution in [0.15, 0.2) is 65.2 Å². The molecule has 1 saturated heterocycles. The van der Waals surface area contributed by atoms with Crippen molar-refractivity contribution in [1.82, 2.24) is 10.5 Å². The summed E-state index contributed by atoms with van der Waals surface area (Å²) < 4.78 is 5.16. The Kier molecular flexibility index (Phi) is 4.69. The Bertz CT molecular complexity index is 1080. The average molecular weight is 409 g/mol. The second-order valence-electron chi connectivity index (χ2n) is 6.32. The maximum atomic E-state index is 13.4. The molecule has 1 unspecified atom stereocenters. The first-order chi connectivity index (χ1) is 14.0. The fourth-order valence-corrected chi connectivity index (χ4v) is 3.36. The molecule has 1 fully saturated rings. The molecule has 0 aliphatic carbocycles. The van der Waals surface area contributed by atoms with Gasteiger partial charge in [0.2, 0.25) is 0 Å². The summed E-state index contributed by atoms with van der Waals surface area (Å²) in [5.41, 5.74) is 1.16. The van der Waals surface area contributed by atoms with Crippen molar-refractivity contribution in [2.75, 3.05) is 9.80 Å². The summed E-state index contributed by atoms with van der Waals surface area (Å²) in [6.45, 7) is 1.72. The van der Waals surface area contributed by atoms with Crippen LogP contribution in [-0.2, 0) is 0 Å². The number of carbonyl (C=O) groups is 1. The summed E-state index contributed by atoms with van der Waals surface area (Å²) in [5, 5.41) is 18.3. The number of nitro groups is 1. The van der Waals surface area contributed by atoms with Crippen molar-refractivity contribution in [1.29, 1.82) is 0 Å². The van der Waals surface area contributed by atoms with E-state index in [1.807, 2.05) is 6.07 Å². The van der Waals surface area contributed by atoms with Gasteiger partial charge in [-0.1, -0.05) is 23.4 Å². The number of anilines is 2. The predicted octanol–water partition coefficient (Wildman–Crippen LogP) is 3.91. The molecular weight excluding hydrogens is 394 g/mol. The fraction of sp³-hybridized carbons (Fsp3) is 0.105. The third-order valence-electron chi connectivity index (χ3n) is 4.42. The molecule has 0 spiro atoms. The highest BCUT2D eigenvalue weighted by Gasteiger charge is 2.40. The summed E-state index contributed by atoms with van der Waals surface area (Å²) in [4.78, 5) is 26.7. The van der Waals surface area contributed by atoms with Crippen LogP contribution >= 0.6 is 12.2 Å². The molecule has 1 aromatic heterocycles. The molecular formula is C19H15N5O4S. The zero-order valence-corrected chi connectivity index (χ0v) is 16.0. The molecule has 1 aliphatic heterocycles. The van der Waals surface area contributed by atoms with Crippen LogP contribution in [0.3, 0.4) is 0 Å². The molecule has 10 heteroatoms. The molecule has 0 bridgehead atoms. The number of aromatic nitrogens is 1. The Morgan fingerprint density at radius 1 is 1.17 bits per heavy atom. The number of carbonyl (C=O) groups excluding carboxylic acids is 1. The Labute approximate surface area is 170 Å². The summed E-state index contributed by atoms with van der Waals surface area (Å²) in [6, 6.07) is 16.1. The quantitative estimate of drug-likeness (QED) is 0.396. The lowest BCUT2D eigenvalue weighted by molar-refractivity contribution is -0.384. The van der Waals surface area contributed by atoms with Gasteiger partial charge in [0.15, 0.2) is 10.9 Å². The van der Waals surface area contributed by atoms with Crippen molar-refractivity contribution >= 4 is 40.6 Å². The first-order valence-electron chi connectivity index (χ1n) is 8.62. The molecule has 1 N–H and O–H groups in total. The number of thiocarbonyl (C=S) groups is 1. The number of nitro benzene ring substituents is 1. The van der Waals surface area contributed by atoms with Crippen LogP contribution in [0.25, 0.3) is 0 Å². The van der Waals surface area contributed by atoms with Crippen LogP contribution in [0.2, 0.25) is 0 Å². The SMILES string of the molecule is Cc1cc(N2C(=O)N(c3ccccc3)C(=S)NC2c2ccc([N+](=O)[O-])cc2)no1. The third kappa shape index (κ3) is 3.41. The predicted molar refractivity (Wildman–Crippen MR) is 110 cm³/mol. The number of non-ortho nitro benzene ring substituents is 1. The van der Waals surface area contributed by atoms with Crippen molar-refractivity contribution in [3.8, 4) is 0 Å². The Morgan fingerprint density at radius 3 is 2.45 bits per heavy atom. The van der Waals surface area contributed by atoms with Gasteiger partial charge in [-0.05, 0) is 49.0 Å². The molecule has 29 heavy (non-hydrogen) atoms. The molecule has 146 valence electrons. The van der Waals surface area contributed by atoms with Crippen molar-refractivity contribution in [2.24, 2.45) is 0 Å². The van der Waals surface area contributed by atoms with E-state index in [9.17, 15) is 14.9 Å². The first kappa shape index (κ1) is 18.6.